The van der Waals surface area contributed by atoms with Crippen LogP contribution in [0.2, 0.25) is 0 Å². The largest absolute Gasteiger partial charge is 0.494 e. The van der Waals surface area contributed by atoms with Gasteiger partial charge in [0.25, 0.3) is 5.91 Å². The number of carbonyl (C=O) groups excluding carboxylic acids is 1. The first-order valence-corrected chi connectivity index (χ1v) is 13.3. The molecule has 2 aromatic rings. The highest BCUT2D eigenvalue weighted by molar-refractivity contribution is 7.91. The van der Waals surface area contributed by atoms with Gasteiger partial charge in [-0.3, -0.25) is 10.2 Å². The van der Waals surface area contributed by atoms with Crippen LogP contribution in [0.15, 0.2) is 64.5 Å². The number of ether oxygens (including phenoxy) is 2. The summed E-state index contributed by atoms with van der Waals surface area (Å²) in [5, 5.41) is 8.88. The average Bonchev–Trinajstić information content (AvgIpc) is 3.30. The fourth-order valence-electron chi connectivity index (χ4n) is 3.40. The van der Waals surface area contributed by atoms with E-state index in [4.69, 9.17) is 14.6 Å². The molecule has 0 unspecified atom stereocenters. The molecule has 0 fully saturated rings. The molecule has 190 valence electrons. The van der Waals surface area contributed by atoms with E-state index in [1.165, 1.54) is 12.1 Å². The second kappa shape index (κ2) is 12.1. The molecular formula is C25H33N3O6S. The van der Waals surface area contributed by atoms with E-state index in [9.17, 15) is 13.2 Å². The molecule has 1 aliphatic rings. The molecule has 0 spiro atoms. The Kier molecular flexibility index (Phi) is 9.25. The van der Waals surface area contributed by atoms with Crippen molar-refractivity contribution in [1.82, 2.24) is 10.9 Å². The van der Waals surface area contributed by atoms with Crippen molar-refractivity contribution in [1.29, 1.82) is 0 Å². The van der Waals surface area contributed by atoms with Gasteiger partial charge in [-0.15, -0.1) is 0 Å². The lowest BCUT2D eigenvalue weighted by atomic mass is 9.98. The molecule has 0 aliphatic carbocycles. The zero-order valence-corrected chi connectivity index (χ0v) is 20.9. The summed E-state index contributed by atoms with van der Waals surface area (Å²) in [5.41, 5.74) is 4.82. The minimum atomic E-state index is -3.61. The SMILES string of the molecule is CC(C)CNNC(=O)[C@]1(CCS(=O)(=O)c2ccccc2)COC(c2ccc(OCCCO)cc2)=N1. The summed E-state index contributed by atoms with van der Waals surface area (Å²) in [6.07, 6.45) is 0.497. The lowest BCUT2D eigenvalue weighted by Crippen LogP contribution is -2.53. The van der Waals surface area contributed by atoms with Crippen LogP contribution in [0.3, 0.4) is 0 Å². The number of amides is 1. The molecule has 3 rings (SSSR count). The smallest absolute Gasteiger partial charge is 0.265 e. The molecule has 35 heavy (non-hydrogen) atoms. The Bertz CT molecular complexity index is 1100. The Hall–Kier alpha value is -2.95. The van der Waals surface area contributed by atoms with Crippen LogP contribution in [0.1, 0.15) is 32.3 Å². The van der Waals surface area contributed by atoms with Crippen LogP contribution >= 0.6 is 0 Å². The number of aliphatic hydroxyl groups excluding tert-OH is 1. The Morgan fingerprint density at radius 2 is 1.89 bits per heavy atom. The number of hydrogen-bond acceptors (Lipinski definition) is 8. The van der Waals surface area contributed by atoms with Crippen LogP contribution in [0.25, 0.3) is 0 Å². The zero-order chi connectivity index (χ0) is 25.3. The highest BCUT2D eigenvalue weighted by atomic mass is 32.2. The first-order chi connectivity index (χ1) is 16.8. The molecule has 9 nitrogen and oxygen atoms in total. The van der Waals surface area contributed by atoms with E-state index < -0.39 is 21.3 Å². The molecule has 0 bridgehead atoms. The van der Waals surface area contributed by atoms with Crippen molar-refractivity contribution in [2.24, 2.45) is 10.9 Å². The molecule has 0 saturated heterocycles. The van der Waals surface area contributed by atoms with Gasteiger partial charge in [0.2, 0.25) is 5.90 Å². The van der Waals surface area contributed by atoms with E-state index in [0.29, 0.717) is 36.8 Å². The number of hydrazine groups is 1. The number of carbonyl (C=O) groups is 1. The van der Waals surface area contributed by atoms with Gasteiger partial charge in [-0.25, -0.2) is 18.8 Å². The lowest BCUT2D eigenvalue weighted by Gasteiger charge is -2.23. The third kappa shape index (κ3) is 7.27. The number of rotatable bonds is 13. The predicted molar refractivity (Wildman–Crippen MR) is 133 cm³/mol. The molecule has 0 radical (unpaired) electrons. The number of nitrogens with one attached hydrogen (secondary N) is 2. The monoisotopic (exact) mass is 503 g/mol. The Morgan fingerprint density at radius 1 is 1.17 bits per heavy atom. The van der Waals surface area contributed by atoms with Gasteiger partial charge in [0.05, 0.1) is 17.3 Å². The molecule has 1 amide bonds. The van der Waals surface area contributed by atoms with Gasteiger partial charge in [-0.2, -0.15) is 0 Å². The van der Waals surface area contributed by atoms with E-state index in [1.54, 1.807) is 42.5 Å². The van der Waals surface area contributed by atoms with Crippen LogP contribution < -0.4 is 15.6 Å². The molecule has 1 atom stereocenters. The summed E-state index contributed by atoms with van der Waals surface area (Å²) in [5.74, 6) is 0.508. The van der Waals surface area contributed by atoms with Crippen molar-refractivity contribution < 1.29 is 27.8 Å². The third-order valence-electron chi connectivity index (χ3n) is 5.46. The van der Waals surface area contributed by atoms with Crippen molar-refractivity contribution in [2.45, 2.75) is 37.1 Å². The predicted octanol–water partition coefficient (Wildman–Crippen LogP) is 2.10. The highest BCUT2D eigenvalue weighted by Crippen LogP contribution is 2.28. The number of aliphatic hydroxyl groups is 1. The fraction of sp³-hybridized carbons (Fsp3) is 0.440. The maximum atomic E-state index is 13.2. The highest BCUT2D eigenvalue weighted by Gasteiger charge is 2.45. The number of nitrogens with zero attached hydrogens (tertiary/aromatic N) is 1. The Labute approximate surface area is 206 Å². The van der Waals surface area contributed by atoms with Gasteiger partial charge in [-0.1, -0.05) is 32.0 Å². The van der Waals surface area contributed by atoms with Crippen LogP contribution in [0, 0.1) is 5.92 Å². The van der Waals surface area contributed by atoms with Crippen molar-refractivity contribution in [3.63, 3.8) is 0 Å². The van der Waals surface area contributed by atoms with E-state index >= 15 is 0 Å². The molecule has 0 saturated carbocycles. The van der Waals surface area contributed by atoms with Crippen LogP contribution in [-0.4, -0.2) is 63.0 Å². The standard InChI is InChI=1S/C25H33N3O6S/c1-19(2)17-26-28-24(30)25(13-16-35(31,32)22-7-4-3-5-8-22)18-34-23(27-25)20-9-11-21(12-10-20)33-15-6-14-29/h3-5,7-12,19,26,29H,6,13-18H2,1-2H3,(H,28,30)/t25-/m0/s1. The maximum Gasteiger partial charge on any atom is 0.265 e. The lowest BCUT2D eigenvalue weighted by molar-refractivity contribution is -0.127. The maximum absolute atomic E-state index is 13.2. The normalized spacial score (nSPS) is 17.7. The van der Waals surface area contributed by atoms with Gasteiger partial charge in [0, 0.05) is 25.1 Å². The summed E-state index contributed by atoms with van der Waals surface area (Å²) in [6.45, 7) is 4.95. The number of benzene rings is 2. The Balaban J connectivity index is 1.80. The number of sulfone groups is 1. The minimum Gasteiger partial charge on any atom is -0.494 e. The van der Waals surface area contributed by atoms with E-state index in [-0.39, 0.29) is 36.2 Å². The van der Waals surface area contributed by atoms with Crippen molar-refractivity contribution >= 4 is 21.6 Å². The molecule has 10 heteroatoms. The number of aliphatic imine (C=N–C) groups is 1. The van der Waals surface area contributed by atoms with E-state index in [0.717, 1.165) is 0 Å². The quantitative estimate of drug-likeness (QED) is 0.282. The second-order valence-corrected chi connectivity index (χ2v) is 10.9. The fourth-order valence-corrected chi connectivity index (χ4v) is 4.82. The summed E-state index contributed by atoms with van der Waals surface area (Å²) in [4.78, 5) is 18.0. The van der Waals surface area contributed by atoms with Crippen molar-refractivity contribution in [2.75, 3.05) is 32.1 Å². The number of hydrogen-bond donors (Lipinski definition) is 3. The zero-order valence-electron chi connectivity index (χ0n) is 20.1. The topological polar surface area (TPSA) is 126 Å². The third-order valence-corrected chi connectivity index (χ3v) is 7.19. The summed E-state index contributed by atoms with van der Waals surface area (Å²) in [6, 6.07) is 15.2. The van der Waals surface area contributed by atoms with E-state index in [1.807, 2.05) is 13.8 Å². The first-order valence-electron chi connectivity index (χ1n) is 11.6. The summed E-state index contributed by atoms with van der Waals surface area (Å²) < 4.78 is 37.1. The second-order valence-electron chi connectivity index (χ2n) is 8.80. The van der Waals surface area contributed by atoms with Gasteiger partial charge in [0.1, 0.15) is 12.4 Å². The van der Waals surface area contributed by atoms with E-state index in [2.05, 4.69) is 15.8 Å². The summed E-state index contributed by atoms with van der Waals surface area (Å²) >= 11 is 0. The van der Waals surface area contributed by atoms with Gasteiger partial charge in [0.15, 0.2) is 15.4 Å². The van der Waals surface area contributed by atoms with Crippen molar-refractivity contribution in [3.8, 4) is 5.75 Å². The van der Waals surface area contributed by atoms with Gasteiger partial charge in [-0.05, 0) is 48.7 Å². The summed E-state index contributed by atoms with van der Waals surface area (Å²) in [7, 11) is -3.61. The molecule has 2 aromatic carbocycles. The Morgan fingerprint density at radius 3 is 2.54 bits per heavy atom. The minimum absolute atomic E-state index is 0.0364. The van der Waals surface area contributed by atoms with Gasteiger partial charge >= 0.3 is 0 Å². The van der Waals surface area contributed by atoms with Gasteiger partial charge < -0.3 is 14.6 Å². The molecule has 3 N–H and O–H groups in total. The molecule has 0 aromatic heterocycles. The van der Waals surface area contributed by atoms with Crippen LogP contribution in [0.5, 0.6) is 5.75 Å². The van der Waals surface area contributed by atoms with Crippen molar-refractivity contribution in [3.05, 3.63) is 60.2 Å². The average molecular weight is 504 g/mol. The molecular weight excluding hydrogens is 470 g/mol. The van der Waals surface area contributed by atoms with Crippen LogP contribution in [-0.2, 0) is 19.4 Å². The molecule has 1 aliphatic heterocycles. The molecule has 1 heterocycles. The first kappa shape index (κ1) is 26.7. The van der Waals surface area contributed by atoms with Crippen LogP contribution in [0.4, 0.5) is 0 Å².